The Balaban J connectivity index is 2.63. The highest BCUT2D eigenvalue weighted by atomic mass is 35.5. The number of rotatable bonds is 6. The van der Waals surface area contributed by atoms with Crippen molar-refractivity contribution in [2.24, 2.45) is 0 Å². The molecule has 0 radical (unpaired) electrons. The number of hydrogen-bond donors (Lipinski definition) is 0. The van der Waals surface area contributed by atoms with Crippen molar-refractivity contribution in [2.45, 2.75) is 0 Å². The van der Waals surface area contributed by atoms with Gasteiger partial charge in [0, 0.05) is 17.7 Å². The second-order valence-corrected chi connectivity index (χ2v) is 7.15. The zero-order valence-electron chi connectivity index (χ0n) is 14.4. The SMILES string of the molecule is COc1cc(C(=O)N(c2ccc(OC)nc2OC)S(C)(=O)=O)cc(Cl)n1. The van der Waals surface area contributed by atoms with Crippen LogP contribution in [0.2, 0.25) is 5.15 Å². The molecule has 1 amide bonds. The van der Waals surface area contributed by atoms with Gasteiger partial charge < -0.3 is 14.2 Å². The number of anilines is 1. The second-order valence-electron chi connectivity index (χ2n) is 4.94. The molecule has 26 heavy (non-hydrogen) atoms. The van der Waals surface area contributed by atoms with Gasteiger partial charge in [0.15, 0.2) is 0 Å². The fourth-order valence-electron chi connectivity index (χ4n) is 2.09. The molecule has 0 aliphatic carbocycles. The Hall–Kier alpha value is -2.59. The smallest absolute Gasteiger partial charge is 0.272 e. The highest BCUT2D eigenvalue weighted by Crippen LogP contribution is 2.32. The Labute approximate surface area is 155 Å². The Morgan fingerprint density at radius 3 is 2.23 bits per heavy atom. The predicted molar refractivity (Wildman–Crippen MR) is 94.8 cm³/mol. The molecule has 2 heterocycles. The number of pyridine rings is 2. The van der Waals surface area contributed by atoms with Gasteiger partial charge >= 0.3 is 0 Å². The van der Waals surface area contributed by atoms with Crippen LogP contribution < -0.4 is 18.5 Å². The van der Waals surface area contributed by atoms with E-state index in [1.165, 1.54) is 45.6 Å². The minimum absolute atomic E-state index is 0.0269. The van der Waals surface area contributed by atoms with Gasteiger partial charge in [-0.2, -0.15) is 9.29 Å². The molecule has 2 rings (SSSR count). The number of aromatic nitrogens is 2. The van der Waals surface area contributed by atoms with Gasteiger partial charge in [-0.25, -0.2) is 13.4 Å². The van der Waals surface area contributed by atoms with Crippen LogP contribution in [0.15, 0.2) is 24.3 Å². The average molecular weight is 402 g/mol. The van der Waals surface area contributed by atoms with E-state index in [0.29, 0.717) is 4.31 Å². The van der Waals surface area contributed by atoms with Crippen molar-refractivity contribution in [3.05, 3.63) is 35.0 Å². The largest absolute Gasteiger partial charge is 0.481 e. The fraction of sp³-hybridized carbons (Fsp3) is 0.267. The van der Waals surface area contributed by atoms with E-state index in [4.69, 9.17) is 25.8 Å². The molecule has 0 unspecified atom stereocenters. The number of methoxy groups -OCH3 is 3. The van der Waals surface area contributed by atoms with Crippen molar-refractivity contribution in [1.82, 2.24) is 9.97 Å². The lowest BCUT2D eigenvalue weighted by Gasteiger charge is -2.22. The molecule has 0 atom stereocenters. The summed E-state index contributed by atoms with van der Waals surface area (Å²) in [5.74, 6) is -0.718. The van der Waals surface area contributed by atoms with E-state index in [1.807, 2.05) is 0 Å². The summed E-state index contributed by atoms with van der Waals surface area (Å²) in [6.45, 7) is 0. The molecular formula is C15H16ClN3O6S. The Kier molecular flexibility index (Phi) is 5.88. The average Bonchev–Trinajstić information content (AvgIpc) is 2.60. The summed E-state index contributed by atoms with van der Waals surface area (Å²) >= 11 is 5.87. The van der Waals surface area contributed by atoms with Crippen LogP contribution in [0, 0.1) is 0 Å². The zero-order valence-corrected chi connectivity index (χ0v) is 16.0. The van der Waals surface area contributed by atoms with E-state index < -0.39 is 15.9 Å². The number of sulfonamides is 1. The van der Waals surface area contributed by atoms with Crippen LogP contribution in [0.3, 0.4) is 0 Å². The van der Waals surface area contributed by atoms with E-state index in [-0.39, 0.29) is 34.0 Å². The summed E-state index contributed by atoms with van der Waals surface area (Å²) in [4.78, 5) is 20.8. The molecule has 9 nitrogen and oxygen atoms in total. The number of carbonyl (C=O) groups is 1. The standard InChI is InChI=1S/C15H16ClN3O6S/c1-23-12-6-5-10(14(18-12)25-3)19(26(4,21)22)15(20)9-7-11(16)17-13(8-9)24-2/h5-8H,1-4H3. The highest BCUT2D eigenvalue weighted by molar-refractivity contribution is 7.92. The van der Waals surface area contributed by atoms with Crippen molar-refractivity contribution >= 4 is 33.2 Å². The minimum atomic E-state index is -4.03. The van der Waals surface area contributed by atoms with Gasteiger partial charge in [0.1, 0.15) is 10.8 Å². The van der Waals surface area contributed by atoms with Crippen LogP contribution in [0.1, 0.15) is 10.4 Å². The third-order valence-electron chi connectivity index (χ3n) is 3.18. The molecule has 2 aromatic heterocycles. The minimum Gasteiger partial charge on any atom is -0.481 e. The molecular weight excluding hydrogens is 386 g/mol. The number of nitrogens with zero attached hydrogens (tertiary/aromatic N) is 3. The highest BCUT2D eigenvalue weighted by Gasteiger charge is 2.31. The number of amides is 1. The third kappa shape index (κ3) is 4.14. The molecule has 0 saturated carbocycles. The first-order chi connectivity index (χ1) is 12.2. The predicted octanol–water partition coefficient (Wildman–Crippen LogP) is 1.76. The summed E-state index contributed by atoms with van der Waals surface area (Å²) in [6, 6.07) is 5.26. The summed E-state index contributed by atoms with van der Waals surface area (Å²) in [5, 5.41) is -0.0269. The van der Waals surface area contributed by atoms with Gasteiger partial charge in [-0.1, -0.05) is 11.6 Å². The number of ether oxygens (including phenoxy) is 3. The topological polar surface area (TPSA) is 108 Å². The fourth-order valence-corrected chi connectivity index (χ4v) is 3.20. The van der Waals surface area contributed by atoms with Gasteiger partial charge in [-0.15, -0.1) is 0 Å². The number of hydrogen-bond acceptors (Lipinski definition) is 8. The first-order valence-corrected chi connectivity index (χ1v) is 9.29. The lowest BCUT2D eigenvalue weighted by Crippen LogP contribution is -2.36. The maximum atomic E-state index is 12.9. The maximum Gasteiger partial charge on any atom is 0.272 e. The molecule has 0 fully saturated rings. The van der Waals surface area contributed by atoms with Crippen LogP contribution >= 0.6 is 11.6 Å². The summed E-state index contributed by atoms with van der Waals surface area (Å²) in [6.07, 6.45) is 0.884. The summed E-state index contributed by atoms with van der Waals surface area (Å²) in [5.41, 5.74) is -0.113. The first kappa shape index (κ1) is 19.7. The Morgan fingerprint density at radius 1 is 1.04 bits per heavy atom. The Morgan fingerprint density at radius 2 is 1.69 bits per heavy atom. The van der Waals surface area contributed by atoms with Gasteiger partial charge in [-0.05, 0) is 12.1 Å². The van der Waals surface area contributed by atoms with Crippen LogP contribution in [0.5, 0.6) is 17.6 Å². The molecule has 0 spiro atoms. The van der Waals surface area contributed by atoms with Crippen LogP contribution in [0.4, 0.5) is 5.69 Å². The lowest BCUT2D eigenvalue weighted by atomic mass is 10.2. The van der Waals surface area contributed by atoms with E-state index in [1.54, 1.807) is 0 Å². The van der Waals surface area contributed by atoms with E-state index in [0.717, 1.165) is 6.26 Å². The number of halogens is 1. The van der Waals surface area contributed by atoms with Gasteiger partial charge in [0.2, 0.25) is 27.7 Å². The van der Waals surface area contributed by atoms with E-state index in [2.05, 4.69) is 9.97 Å². The van der Waals surface area contributed by atoms with Crippen LogP contribution in [-0.2, 0) is 10.0 Å². The van der Waals surface area contributed by atoms with Gasteiger partial charge in [0.25, 0.3) is 5.91 Å². The van der Waals surface area contributed by atoms with Crippen molar-refractivity contribution in [1.29, 1.82) is 0 Å². The second kappa shape index (κ2) is 7.75. The normalized spacial score (nSPS) is 11.0. The molecule has 0 aliphatic heterocycles. The quantitative estimate of drug-likeness (QED) is 0.674. The summed E-state index contributed by atoms with van der Waals surface area (Å²) < 4.78 is 40.2. The molecule has 0 aliphatic rings. The summed E-state index contributed by atoms with van der Waals surface area (Å²) in [7, 11) is 0.00285. The van der Waals surface area contributed by atoms with E-state index >= 15 is 0 Å². The molecule has 140 valence electrons. The van der Waals surface area contributed by atoms with Crippen LogP contribution in [0.25, 0.3) is 0 Å². The third-order valence-corrected chi connectivity index (χ3v) is 4.40. The van der Waals surface area contributed by atoms with Crippen molar-refractivity contribution in [2.75, 3.05) is 31.9 Å². The lowest BCUT2D eigenvalue weighted by molar-refractivity contribution is 0.100. The van der Waals surface area contributed by atoms with Crippen molar-refractivity contribution in [3.63, 3.8) is 0 Å². The zero-order chi connectivity index (χ0) is 19.5. The molecule has 0 bridgehead atoms. The molecule has 2 aromatic rings. The van der Waals surface area contributed by atoms with Gasteiger partial charge in [-0.3, -0.25) is 4.79 Å². The first-order valence-electron chi connectivity index (χ1n) is 7.06. The van der Waals surface area contributed by atoms with Crippen molar-refractivity contribution in [3.8, 4) is 17.6 Å². The van der Waals surface area contributed by atoms with Crippen LogP contribution in [-0.4, -0.2) is 51.9 Å². The van der Waals surface area contributed by atoms with E-state index in [9.17, 15) is 13.2 Å². The molecule has 0 saturated heterocycles. The van der Waals surface area contributed by atoms with Gasteiger partial charge in [0.05, 0.1) is 27.6 Å². The number of carbonyl (C=O) groups excluding carboxylic acids is 1. The molecule has 11 heteroatoms. The van der Waals surface area contributed by atoms with Crippen molar-refractivity contribution < 1.29 is 27.4 Å². The monoisotopic (exact) mass is 401 g/mol. The molecule has 0 aromatic carbocycles. The maximum absolute atomic E-state index is 12.9. The Bertz CT molecular complexity index is 935. The molecule has 0 N–H and O–H groups in total.